The van der Waals surface area contributed by atoms with Crippen molar-refractivity contribution in [1.82, 2.24) is 4.72 Å². The summed E-state index contributed by atoms with van der Waals surface area (Å²) in [6.07, 6.45) is 2.77. The zero-order valence-corrected chi connectivity index (χ0v) is 14.5. The minimum absolute atomic E-state index is 0.214. The first-order chi connectivity index (χ1) is 12.1. The van der Waals surface area contributed by atoms with Crippen molar-refractivity contribution < 1.29 is 13.2 Å². The summed E-state index contributed by atoms with van der Waals surface area (Å²) in [5.41, 5.74) is 1.57. The molecule has 2 aromatic carbocycles. The third-order valence-electron chi connectivity index (χ3n) is 4.05. The van der Waals surface area contributed by atoms with Crippen LogP contribution in [0.15, 0.2) is 66.1 Å². The number of carbonyl (C=O) groups excluding carboxylic acids is 1. The highest BCUT2D eigenvalue weighted by molar-refractivity contribution is 7.92. The van der Waals surface area contributed by atoms with Gasteiger partial charge in [0.05, 0.1) is 0 Å². The fourth-order valence-electron chi connectivity index (χ4n) is 2.82. The van der Waals surface area contributed by atoms with Crippen LogP contribution in [-0.2, 0) is 14.8 Å². The average molecular weight is 356 g/mol. The number of benzene rings is 2. The molecule has 130 valence electrons. The number of amides is 1. The maximum atomic E-state index is 12.7. The van der Waals surface area contributed by atoms with E-state index in [9.17, 15) is 13.2 Å². The van der Waals surface area contributed by atoms with Gasteiger partial charge in [0.25, 0.3) is 0 Å². The molecule has 0 aliphatic carbocycles. The average Bonchev–Trinajstić information content (AvgIpc) is 2.63. The molecule has 0 aromatic heterocycles. The predicted molar refractivity (Wildman–Crippen MR) is 99.3 cm³/mol. The predicted octanol–water partition coefficient (Wildman–Crippen LogP) is 2.77. The van der Waals surface area contributed by atoms with Gasteiger partial charge >= 0.3 is 0 Å². The van der Waals surface area contributed by atoms with Crippen LogP contribution in [0.3, 0.4) is 0 Å². The van der Waals surface area contributed by atoms with Crippen LogP contribution in [0.4, 0.5) is 5.69 Å². The van der Waals surface area contributed by atoms with E-state index in [0.29, 0.717) is 13.0 Å². The van der Waals surface area contributed by atoms with Gasteiger partial charge in [-0.3, -0.25) is 4.79 Å². The Morgan fingerprint density at radius 1 is 1.00 bits per heavy atom. The zero-order valence-electron chi connectivity index (χ0n) is 13.7. The van der Waals surface area contributed by atoms with E-state index >= 15 is 0 Å². The second-order valence-corrected chi connectivity index (χ2v) is 7.49. The van der Waals surface area contributed by atoms with Crippen LogP contribution in [0.25, 0.3) is 6.08 Å². The van der Waals surface area contributed by atoms with E-state index < -0.39 is 16.1 Å². The van der Waals surface area contributed by atoms with Crippen molar-refractivity contribution in [1.29, 1.82) is 0 Å². The fraction of sp³-hybridized carbons (Fsp3) is 0.211. The number of para-hydroxylation sites is 1. The molecule has 1 amide bonds. The van der Waals surface area contributed by atoms with Gasteiger partial charge < -0.3 is 4.90 Å². The smallest absolute Gasteiger partial charge is 0.245 e. The van der Waals surface area contributed by atoms with E-state index in [2.05, 4.69) is 4.72 Å². The number of nitrogens with one attached hydrogen (secondary N) is 1. The SMILES string of the molecule is O=C1C(NS(=O)(=O)C=Cc2ccccc2)CCCN1c1ccccc1. The summed E-state index contributed by atoms with van der Waals surface area (Å²) < 4.78 is 27.1. The normalized spacial score (nSPS) is 18.6. The number of anilines is 1. The van der Waals surface area contributed by atoms with Crippen LogP contribution in [0.1, 0.15) is 18.4 Å². The Kier molecular flexibility index (Phi) is 5.31. The quantitative estimate of drug-likeness (QED) is 0.896. The lowest BCUT2D eigenvalue weighted by Gasteiger charge is -2.32. The molecule has 1 N–H and O–H groups in total. The molecule has 6 heteroatoms. The van der Waals surface area contributed by atoms with Crippen LogP contribution in [-0.4, -0.2) is 26.9 Å². The number of rotatable bonds is 5. The van der Waals surface area contributed by atoms with E-state index in [1.54, 1.807) is 4.90 Å². The van der Waals surface area contributed by atoms with Gasteiger partial charge in [0, 0.05) is 17.6 Å². The van der Waals surface area contributed by atoms with Crippen LogP contribution in [0.5, 0.6) is 0 Å². The molecule has 25 heavy (non-hydrogen) atoms. The molecule has 3 rings (SSSR count). The maximum Gasteiger partial charge on any atom is 0.245 e. The van der Waals surface area contributed by atoms with Gasteiger partial charge in [-0.2, -0.15) is 4.72 Å². The largest absolute Gasteiger partial charge is 0.311 e. The van der Waals surface area contributed by atoms with Crippen molar-refractivity contribution in [2.75, 3.05) is 11.4 Å². The molecule has 5 nitrogen and oxygen atoms in total. The van der Waals surface area contributed by atoms with Crippen LogP contribution in [0.2, 0.25) is 0 Å². The molecule has 1 atom stereocenters. The van der Waals surface area contributed by atoms with Crippen molar-refractivity contribution in [2.24, 2.45) is 0 Å². The van der Waals surface area contributed by atoms with Crippen molar-refractivity contribution in [3.63, 3.8) is 0 Å². The molecule has 1 saturated heterocycles. The van der Waals surface area contributed by atoms with Crippen molar-refractivity contribution in [3.05, 3.63) is 71.6 Å². The molecular formula is C19H20N2O3S. The van der Waals surface area contributed by atoms with Gasteiger partial charge in [0.2, 0.25) is 15.9 Å². The van der Waals surface area contributed by atoms with E-state index in [-0.39, 0.29) is 5.91 Å². The Morgan fingerprint density at radius 3 is 2.32 bits per heavy atom. The highest BCUT2D eigenvalue weighted by Crippen LogP contribution is 2.21. The summed E-state index contributed by atoms with van der Waals surface area (Å²) in [5, 5.41) is 1.11. The van der Waals surface area contributed by atoms with E-state index in [0.717, 1.165) is 23.1 Å². The van der Waals surface area contributed by atoms with Crippen molar-refractivity contribution in [3.8, 4) is 0 Å². The first-order valence-electron chi connectivity index (χ1n) is 8.17. The molecule has 0 radical (unpaired) electrons. The summed E-state index contributed by atoms with van der Waals surface area (Å²) in [7, 11) is -3.70. The van der Waals surface area contributed by atoms with Gasteiger partial charge in [-0.25, -0.2) is 8.42 Å². The Morgan fingerprint density at radius 2 is 1.64 bits per heavy atom. The zero-order chi connectivity index (χ0) is 17.7. The van der Waals surface area contributed by atoms with Gasteiger partial charge in [-0.15, -0.1) is 0 Å². The lowest BCUT2D eigenvalue weighted by Crippen LogP contribution is -2.52. The molecule has 0 bridgehead atoms. The topological polar surface area (TPSA) is 66.5 Å². The fourth-order valence-corrected chi connectivity index (χ4v) is 3.85. The number of nitrogens with zero attached hydrogens (tertiary/aromatic N) is 1. The Labute approximate surface area is 148 Å². The van der Waals surface area contributed by atoms with Crippen molar-refractivity contribution >= 4 is 27.7 Å². The highest BCUT2D eigenvalue weighted by atomic mass is 32.2. The van der Waals surface area contributed by atoms with E-state index in [1.807, 2.05) is 60.7 Å². The third kappa shape index (κ3) is 4.55. The van der Waals surface area contributed by atoms with E-state index in [4.69, 9.17) is 0 Å². The van der Waals surface area contributed by atoms with Crippen LogP contribution < -0.4 is 9.62 Å². The Balaban J connectivity index is 1.71. The Hall–Kier alpha value is -2.44. The third-order valence-corrected chi connectivity index (χ3v) is 5.16. The molecule has 1 heterocycles. The minimum Gasteiger partial charge on any atom is -0.311 e. The van der Waals surface area contributed by atoms with Gasteiger partial charge in [-0.05, 0) is 36.6 Å². The van der Waals surface area contributed by atoms with E-state index in [1.165, 1.54) is 6.08 Å². The number of hydrogen-bond acceptors (Lipinski definition) is 3. The molecular weight excluding hydrogens is 336 g/mol. The second-order valence-electron chi connectivity index (χ2n) is 5.90. The molecule has 1 fully saturated rings. The van der Waals surface area contributed by atoms with Crippen LogP contribution in [0, 0.1) is 0 Å². The monoisotopic (exact) mass is 356 g/mol. The number of hydrogen-bond donors (Lipinski definition) is 1. The van der Waals surface area contributed by atoms with Crippen LogP contribution >= 0.6 is 0 Å². The maximum absolute atomic E-state index is 12.7. The molecule has 1 unspecified atom stereocenters. The second kappa shape index (κ2) is 7.63. The summed E-state index contributed by atoms with van der Waals surface area (Å²) in [4.78, 5) is 14.3. The summed E-state index contributed by atoms with van der Waals surface area (Å²) in [5.74, 6) is -0.214. The lowest BCUT2D eigenvalue weighted by molar-refractivity contribution is -0.121. The standard InChI is InChI=1S/C19H20N2O3S/c22-19-18(12-7-14-21(19)17-10-5-2-6-11-17)20-25(23,24)15-13-16-8-3-1-4-9-16/h1-6,8-11,13,15,18,20H,7,12,14H2. The summed E-state index contributed by atoms with van der Waals surface area (Å²) >= 11 is 0. The van der Waals surface area contributed by atoms with Gasteiger partial charge in [-0.1, -0.05) is 48.5 Å². The number of piperidine rings is 1. The van der Waals surface area contributed by atoms with Gasteiger partial charge in [0.1, 0.15) is 6.04 Å². The first kappa shape index (κ1) is 17.4. The Bertz CT molecular complexity index is 849. The number of sulfonamides is 1. The highest BCUT2D eigenvalue weighted by Gasteiger charge is 2.31. The van der Waals surface area contributed by atoms with Crippen molar-refractivity contribution in [2.45, 2.75) is 18.9 Å². The minimum atomic E-state index is -3.70. The first-order valence-corrected chi connectivity index (χ1v) is 9.72. The summed E-state index contributed by atoms with van der Waals surface area (Å²) in [6.45, 7) is 0.598. The molecule has 2 aromatic rings. The summed E-state index contributed by atoms with van der Waals surface area (Å²) in [6, 6.07) is 17.7. The lowest BCUT2D eigenvalue weighted by atomic mass is 10.0. The van der Waals surface area contributed by atoms with Gasteiger partial charge in [0.15, 0.2) is 0 Å². The molecule has 0 spiro atoms. The molecule has 1 aliphatic heterocycles. The number of carbonyl (C=O) groups is 1. The molecule has 1 aliphatic rings. The molecule has 0 saturated carbocycles.